The number of aromatic nitrogens is 1. The second kappa shape index (κ2) is 7.18. The van der Waals surface area contributed by atoms with Gasteiger partial charge in [-0.15, -0.1) is 0 Å². The average Bonchev–Trinajstić information content (AvgIpc) is 2.69. The third-order valence-corrected chi connectivity index (χ3v) is 4.89. The second-order valence-electron chi connectivity index (χ2n) is 6.31. The minimum Gasteiger partial charge on any atom is -0.353 e. The van der Waals surface area contributed by atoms with E-state index < -0.39 is 0 Å². The van der Waals surface area contributed by atoms with Gasteiger partial charge in [-0.1, -0.05) is 48.0 Å². The van der Waals surface area contributed by atoms with Gasteiger partial charge < -0.3 is 10.2 Å². The van der Waals surface area contributed by atoms with Crippen LogP contribution < -0.4 is 5.32 Å². The molecule has 0 saturated heterocycles. The molecule has 4 nitrogen and oxygen atoms in total. The highest BCUT2D eigenvalue weighted by molar-refractivity contribution is 6.33. The summed E-state index contributed by atoms with van der Waals surface area (Å²) in [6, 6.07) is 17.6. The number of amides is 1. The van der Waals surface area contributed by atoms with Crippen molar-refractivity contribution in [3.05, 3.63) is 88.7 Å². The van der Waals surface area contributed by atoms with Crippen LogP contribution in [0.5, 0.6) is 0 Å². The molecular weight excluding hydrogens is 346 g/mol. The van der Waals surface area contributed by atoms with E-state index in [2.05, 4.69) is 22.4 Å². The molecule has 1 aliphatic rings. The number of halogens is 1. The number of nitrogens with one attached hydrogen (secondary N) is 1. The summed E-state index contributed by atoms with van der Waals surface area (Å²) in [5.41, 5.74) is 4.63. The number of fused-ring (bicyclic) bond motifs is 1. The molecule has 130 valence electrons. The zero-order valence-electron chi connectivity index (χ0n) is 14.2. The summed E-state index contributed by atoms with van der Waals surface area (Å²) < 4.78 is 0. The lowest BCUT2D eigenvalue weighted by Gasteiger charge is -2.29. The molecule has 1 aromatic heterocycles. The van der Waals surface area contributed by atoms with Gasteiger partial charge >= 0.3 is 0 Å². The van der Waals surface area contributed by atoms with Crippen LogP contribution in [0.3, 0.4) is 0 Å². The molecular formula is C21H18ClN3O. The molecule has 5 heteroatoms. The van der Waals surface area contributed by atoms with E-state index in [0.717, 1.165) is 24.3 Å². The van der Waals surface area contributed by atoms with Crippen LogP contribution in [0.4, 0.5) is 11.4 Å². The Balaban J connectivity index is 1.53. The van der Waals surface area contributed by atoms with E-state index in [1.165, 1.54) is 11.1 Å². The maximum absolute atomic E-state index is 12.9. The standard InChI is InChI=1S/C21H18ClN3O/c22-19-7-3-4-8-20(19)24-18-11-17(12-23-13-18)21(26)25-10-9-15-5-1-2-6-16(15)14-25/h1-8,11-13,24H,9-10,14H2. The van der Waals surface area contributed by atoms with E-state index in [-0.39, 0.29) is 5.91 Å². The van der Waals surface area contributed by atoms with Gasteiger partial charge in [-0.05, 0) is 35.7 Å². The van der Waals surface area contributed by atoms with Gasteiger partial charge in [-0.2, -0.15) is 0 Å². The third-order valence-electron chi connectivity index (χ3n) is 4.56. The van der Waals surface area contributed by atoms with Crippen LogP contribution in [0.1, 0.15) is 21.5 Å². The van der Waals surface area contributed by atoms with Crippen molar-refractivity contribution in [2.75, 3.05) is 11.9 Å². The van der Waals surface area contributed by atoms with Crippen molar-refractivity contribution in [2.24, 2.45) is 0 Å². The van der Waals surface area contributed by atoms with Crippen molar-refractivity contribution in [1.82, 2.24) is 9.88 Å². The van der Waals surface area contributed by atoms with Crippen molar-refractivity contribution >= 4 is 28.9 Å². The van der Waals surface area contributed by atoms with Crippen LogP contribution in [0.15, 0.2) is 67.0 Å². The molecule has 26 heavy (non-hydrogen) atoms. The maximum Gasteiger partial charge on any atom is 0.255 e. The number of para-hydroxylation sites is 1. The lowest BCUT2D eigenvalue weighted by Crippen LogP contribution is -2.36. The molecule has 0 unspecified atom stereocenters. The lowest BCUT2D eigenvalue weighted by atomic mass is 9.99. The Bertz CT molecular complexity index is 957. The van der Waals surface area contributed by atoms with Crippen molar-refractivity contribution in [1.29, 1.82) is 0 Å². The van der Waals surface area contributed by atoms with Crippen LogP contribution in [0, 0.1) is 0 Å². The predicted molar refractivity (Wildman–Crippen MR) is 104 cm³/mol. The van der Waals surface area contributed by atoms with Crippen molar-refractivity contribution in [3.63, 3.8) is 0 Å². The van der Waals surface area contributed by atoms with Gasteiger partial charge in [0.1, 0.15) is 0 Å². The first-order valence-corrected chi connectivity index (χ1v) is 8.91. The number of rotatable bonds is 3. The molecule has 0 radical (unpaired) electrons. The molecule has 0 bridgehead atoms. The molecule has 2 heterocycles. The van der Waals surface area contributed by atoms with E-state index >= 15 is 0 Å². The van der Waals surface area contributed by atoms with Gasteiger partial charge in [0.05, 0.1) is 28.2 Å². The van der Waals surface area contributed by atoms with Crippen molar-refractivity contribution < 1.29 is 4.79 Å². The Labute approximate surface area is 157 Å². The highest BCUT2D eigenvalue weighted by atomic mass is 35.5. The topological polar surface area (TPSA) is 45.2 Å². The van der Waals surface area contributed by atoms with Crippen LogP contribution in [0.2, 0.25) is 5.02 Å². The summed E-state index contributed by atoms with van der Waals surface area (Å²) in [4.78, 5) is 19.0. The summed E-state index contributed by atoms with van der Waals surface area (Å²) in [6.07, 6.45) is 4.18. The Kier molecular flexibility index (Phi) is 4.59. The van der Waals surface area contributed by atoms with Crippen LogP contribution >= 0.6 is 11.6 Å². The molecule has 1 amide bonds. The Hall–Kier alpha value is -2.85. The fourth-order valence-electron chi connectivity index (χ4n) is 3.19. The minimum atomic E-state index is -0.00480. The smallest absolute Gasteiger partial charge is 0.255 e. The number of hydrogen-bond donors (Lipinski definition) is 1. The highest BCUT2D eigenvalue weighted by Gasteiger charge is 2.22. The zero-order valence-corrected chi connectivity index (χ0v) is 14.9. The van der Waals surface area contributed by atoms with Crippen molar-refractivity contribution in [3.8, 4) is 0 Å². The first-order valence-electron chi connectivity index (χ1n) is 8.53. The molecule has 1 N–H and O–H groups in total. The van der Waals surface area contributed by atoms with E-state index in [1.54, 1.807) is 12.4 Å². The fourth-order valence-corrected chi connectivity index (χ4v) is 3.38. The number of anilines is 2. The van der Waals surface area contributed by atoms with Crippen molar-refractivity contribution in [2.45, 2.75) is 13.0 Å². The third kappa shape index (κ3) is 3.41. The summed E-state index contributed by atoms with van der Waals surface area (Å²) >= 11 is 6.19. The largest absolute Gasteiger partial charge is 0.353 e. The highest BCUT2D eigenvalue weighted by Crippen LogP contribution is 2.25. The number of nitrogens with zero attached hydrogens (tertiary/aromatic N) is 2. The molecule has 2 aromatic carbocycles. The Morgan fingerprint density at radius 3 is 2.65 bits per heavy atom. The van der Waals surface area contributed by atoms with E-state index in [0.29, 0.717) is 17.1 Å². The van der Waals surface area contributed by atoms with E-state index in [9.17, 15) is 4.79 Å². The van der Waals surface area contributed by atoms with Gasteiger partial charge in [-0.3, -0.25) is 9.78 Å². The van der Waals surface area contributed by atoms with Gasteiger partial charge in [0, 0.05) is 19.3 Å². The summed E-state index contributed by atoms with van der Waals surface area (Å²) in [7, 11) is 0. The summed E-state index contributed by atoms with van der Waals surface area (Å²) in [5, 5.41) is 3.84. The van der Waals surface area contributed by atoms with Crippen LogP contribution in [0.25, 0.3) is 0 Å². The monoisotopic (exact) mass is 363 g/mol. The van der Waals surface area contributed by atoms with Gasteiger partial charge in [-0.25, -0.2) is 0 Å². The average molecular weight is 364 g/mol. The maximum atomic E-state index is 12.9. The second-order valence-corrected chi connectivity index (χ2v) is 6.72. The minimum absolute atomic E-state index is 0.00480. The number of pyridine rings is 1. The number of hydrogen-bond acceptors (Lipinski definition) is 3. The first kappa shape index (κ1) is 16.6. The van der Waals surface area contributed by atoms with E-state index in [4.69, 9.17) is 11.6 Å². The molecule has 4 rings (SSSR count). The molecule has 0 aliphatic carbocycles. The molecule has 0 saturated carbocycles. The molecule has 0 spiro atoms. The van der Waals surface area contributed by atoms with Gasteiger partial charge in [0.2, 0.25) is 0 Å². The van der Waals surface area contributed by atoms with Gasteiger partial charge in [0.25, 0.3) is 5.91 Å². The van der Waals surface area contributed by atoms with Crippen LogP contribution in [-0.2, 0) is 13.0 Å². The Morgan fingerprint density at radius 2 is 1.81 bits per heavy atom. The summed E-state index contributed by atoms with van der Waals surface area (Å²) in [6.45, 7) is 1.36. The first-order chi connectivity index (χ1) is 12.7. The number of benzene rings is 2. The fraction of sp³-hybridized carbons (Fsp3) is 0.143. The lowest BCUT2D eigenvalue weighted by molar-refractivity contribution is 0.0734. The van der Waals surface area contributed by atoms with Crippen LogP contribution in [-0.4, -0.2) is 22.3 Å². The van der Waals surface area contributed by atoms with E-state index in [1.807, 2.05) is 47.4 Å². The number of carbonyl (C=O) groups excluding carboxylic acids is 1. The normalized spacial score (nSPS) is 13.2. The summed E-state index contributed by atoms with van der Waals surface area (Å²) in [5.74, 6) is -0.00480. The molecule has 0 atom stereocenters. The molecule has 0 fully saturated rings. The number of carbonyl (C=O) groups is 1. The zero-order chi connectivity index (χ0) is 17.9. The SMILES string of the molecule is O=C(c1cncc(Nc2ccccc2Cl)c1)N1CCc2ccccc2C1. The molecule has 3 aromatic rings. The molecule has 1 aliphatic heterocycles. The quantitative estimate of drug-likeness (QED) is 0.735. The van der Waals surface area contributed by atoms with Gasteiger partial charge in [0.15, 0.2) is 0 Å². The Morgan fingerprint density at radius 1 is 1.04 bits per heavy atom. The predicted octanol–water partition coefficient (Wildman–Crippen LogP) is 4.68.